The number of hydrogen-bond acceptors (Lipinski definition) is 7. The van der Waals surface area contributed by atoms with E-state index in [1.54, 1.807) is 24.3 Å². The van der Waals surface area contributed by atoms with Gasteiger partial charge in [-0.05, 0) is 24.3 Å². The van der Waals surface area contributed by atoms with Crippen LogP contribution in [0.5, 0.6) is 11.6 Å². The molecule has 0 fully saturated rings. The summed E-state index contributed by atoms with van der Waals surface area (Å²) < 4.78 is 46.3. The highest BCUT2D eigenvalue weighted by Crippen LogP contribution is 2.30. The molecule has 32 heavy (non-hydrogen) atoms. The third-order valence-electron chi connectivity index (χ3n) is 4.36. The number of aromatic nitrogens is 5. The minimum atomic E-state index is -4.59. The Morgan fingerprint density at radius 3 is 2.75 bits per heavy atom. The van der Waals surface area contributed by atoms with E-state index in [-0.39, 0.29) is 11.7 Å². The fourth-order valence-corrected chi connectivity index (χ4v) is 2.98. The van der Waals surface area contributed by atoms with Crippen LogP contribution in [0.3, 0.4) is 0 Å². The van der Waals surface area contributed by atoms with Crippen molar-refractivity contribution >= 4 is 29.0 Å². The molecule has 0 saturated heterocycles. The lowest BCUT2D eigenvalue weighted by molar-refractivity contribution is -0.143. The van der Waals surface area contributed by atoms with E-state index in [1.807, 2.05) is 0 Å². The Hall–Kier alpha value is -4.42. The topological polar surface area (TPSA) is 119 Å². The van der Waals surface area contributed by atoms with Gasteiger partial charge in [0.2, 0.25) is 5.88 Å². The van der Waals surface area contributed by atoms with Crippen LogP contribution in [-0.4, -0.2) is 41.8 Å². The first kappa shape index (κ1) is 20.8. The number of benzene rings is 1. The third kappa shape index (κ3) is 4.21. The number of anilines is 1. The lowest BCUT2D eigenvalue weighted by atomic mass is 10.2. The maximum atomic E-state index is 12.9. The zero-order chi connectivity index (χ0) is 22.9. The maximum absolute atomic E-state index is 12.9. The van der Waals surface area contributed by atoms with Crippen molar-refractivity contribution in [3.63, 3.8) is 0 Å². The van der Waals surface area contributed by atoms with Gasteiger partial charge in [0.25, 0.3) is 0 Å². The molecule has 0 atom stereocenters. The first-order valence-electron chi connectivity index (χ1n) is 8.95. The monoisotopic (exact) mass is 445 g/mol. The molecule has 10 nitrogen and oxygen atoms in total. The summed E-state index contributed by atoms with van der Waals surface area (Å²) in [5.74, 6) is 0.403. The largest absolute Gasteiger partial charge is 0.439 e. The molecule has 0 radical (unpaired) electrons. The lowest BCUT2D eigenvalue weighted by Crippen LogP contribution is -2.18. The molecule has 1 aromatic carbocycles. The quantitative estimate of drug-likeness (QED) is 0.280. The second-order valence-corrected chi connectivity index (χ2v) is 6.50. The van der Waals surface area contributed by atoms with Gasteiger partial charge in [-0.25, -0.2) is 14.8 Å². The average Bonchev–Trinajstić information content (AvgIpc) is 3.31. The van der Waals surface area contributed by atoms with Gasteiger partial charge in [0.05, 0.1) is 17.4 Å². The van der Waals surface area contributed by atoms with Crippen LogP contribution in [0.1, 0.15) is 11.4 Å². The highest BCUT2D eigenvalue weighted by atomic mass is 19.4. The van der Waals surface area contributed by atoms with Crippen molar-refractivity contribution in [2.24, 2.45) is 12.2 Å². The van der Waals surface area contributed by atoms with Crippen LogP contribution in [-0.2, 0) is 13.2 Å². The Balaban J connectivity index is 1.54. The molecule has 0 unspecified atom stereocenters. The molecule has 0 saturated carbocycles. The molecule has 13 heteroatoms. The number of ether oxygens (including phenoxy) is 1. The summed E-state index contributed by atoms with van der Waals surface area (Å²) in [7, 11) is 1.14. The first-order chi connectivity index (χ1) is 15.2. The van der Waals surface area contributed by atoms with Gasteiger partial charge >= 0.3 is 12.2 Å². The van der Waals surface area contributed by atoms with Crippen LogP contribution < -0.4 is 10.1 Å². The Morgan fingerprint density at radius 2 is 2.03 bits per heavy atom. The highest BCUT2D eigenvalue weighted by Gasteiger charge is 2.35. The fourth-order valence-electron chi connectivity index (χ4n) is 2.98. The number of nitrogens with one attached hydrogen (secondary N) is 1. The number of halogens is 3. The zero-order valence-electron chi connectivity index (χ0n) is 16.3. The van der Waals surface area contributed by atoms with Crippen LogP contribution >= 0.6 is 0 Å². The summed E-state index contributed by atoms with van der Waals surface area (Å²) in [4.78, 5) is 20.4. The predicted molar refractivity (Wildman–Crippen MR) is 106 cm³/mol. The van der Waals surface area contributed by atoms with E-state index in [9.17, 15) is 18.0 Å². The molecule has 2 N–H and O–H groups in total. The SMILES string of the molecule is Cn1nc(NC(=O)n2ccc3cc(Oc4cc(/C=N\O)ncn4)ccc32)cc1C(F)(F)F. The van der Waals surface area contributed by atoms with Crippen molar-refractivity contribution in [3.05, 3.63) is 60.3 Å². The van der Waals surface area contributed by atoms with Crippen molar-refractivity contribution in [1.29, 1.82) is 0 Å². The van der Waals surface area contributed by atoms with Crippen LogP contribution in [0.4, 0.5) is 23.8 Å². The molecule has 0 spiro atoms. The Bertz CT molecular complexity index is 1330. The Kier molecular flexibility index (Phi) is 5.22. The van der Waals surface area contributed by atoms with Crippen LogP contribution in [0.25, 0.3) is 10.9 Å². The van der Waals surface area contributed by atoms with E-state index in [0.29, 0.717) is 27.0 Å². The molecule has 0 aliphatic rings. The number of hydrogen-bond donors (Lipinski definition) is 2. The summed E-state index contributed by atoms with van der Waals surface area (Å²) >= 11 is 0. The number of alkyl halides is 3. The van der Waals surface area contributed by atoms with Crippen molar-refractivity contribution in [3.8, 4) is 11.6 Å². The highest BCUT2D eigenvalue weighted by molar-refractivity contribution is 5.98. The van der Waals surface area contributed by atoms with Crippen LogP contribution in [0, 0.1) is 0 Å². The normalized spacial score (nSPS) is 11.9. The van der Waals surface area contributed by atoms with E-state index in [0.717, 1.165) is 19.3 Å². The molecule has 3 heterocycles. The van der Waals surface area contributed by atoms with Crippen molar-refractivity contribution in [1.82, 2.24) is 24.3 Å². The second kappa shape index (κ2) is 8.02. The molecule has 164 valence electrons. The summed E-state index contributed by atoms with van der Waals surface area (Å²) in [6.07, 6.45) is -0.752. The van der Waals surface area contributed by atoms with E-state index in [2.05, 4.69) is 25.5 Å². The molecular weight excluding hydrogens is 431 g/mol. The van der Waals surface area contributed by atoms with Gasteiger partial charge in [0.1, 0.15) is 17.8 Å². The molecule has 3 aromatic heterocycles. The second-order valence-electron chi connectivity index (χ2n) is 6.50. The first-order valence-corrected chi connectivity index (χ1v) is 8.95. The van der Waals surface area contributed by atoms with Crippen molar-refractivity contribution in [2.75, 3.05) is 5.32 Å². The molecule has 0 aliphatic carbocycles. The number of rotatable bonds is 4. The minimum Gasteiger partial charge on any atom is -0.439 e. The van der Waals surface area contributed by atoms with E-state index in [1.165, 1.54) is 23.2 Å². The molecule has 4 aromatic rings. The molecule has 0 aliphatic heterocycles. The van der Waals surface area contributed by atoms with Crippen LogP contribution in [0.2, 0.25) is 0 Å². The fraction of sp³-hybridized carbons (Fsp3) is 0.105. The van der Waals surface area contributed by atoms with Gasteiger partial charge < -0.3 is 9.94 Å². The molecular formula is C19H14F3N7O3. The summed E-state index contributed by atoms with van der Waals surface area (Å²) in [5.41, 5.74) is -0.146. The zero-order valence-corrected chi connectivity index (χ0v) is 16.3. The molecule has 0 bridgehead atoms. The molecule has 4 rings (SSSR count). The predicted octanol–water partition coefficient (Wildman–Crippen LogP) is 3.86. The van der Waals surface area contributed by atoms with Gasteiger partial charge in [0.15, 0.2) is 5.82 Å². The van der Waals surface area contributed by atoms with Gasteiger partial charge in [-0.3, -0.25) is 14.6 Å². The van der Waals surface area contributed by atoms with Crippen molar-refractivity contribution < 1.29 is 27.9 Å². The number of carbonyl (C=O) groups is 1. The number of carbonyl (C=O) groups excluding carboxylic acids is 1. The lowest BCUT2D eigenvalue weighted by Gasteiger charge is -2.07. The standard InChI is InChI=1S/C19H14F3N7O3/c1-28-15(19(20,21)22)8-16(27-28)26-18(30)29-5-4-11-6-13(2-3-14(11)29)32-17-7-12(9-25-31)23-10-24-17/h2-10,31H,1H3,(H,26,27,30)/b25-9-. The number of oxime groups is 1. The van der Waals surface area contributed by atoms with E-state index >= 15 is 0 Å². The third-order valence-corrected chi connectivity index (χ3v) is 4.36. The summed E-state index contributed by atoms with van der Waals surface area (Å²) in [5, 5.41) is 18.2. The number of amides is 1. The van der Waals surface area contributed by atoms with E-state index < -0.39 is 17.9 Å². The van der Waals surface area contributed by atoms with Gasteiger partial charge in [-0.15, -0.1) is 0 Å². The van der Waals surface area contributed by atoms with Crippen molar-refractivity contribution in [2.45, 2.75) is 6.18 Å². The van der Waals surface area contributed by atoms with Gasteiger partial charge in [-0.2, -0.15) is 18.3 Å². The Labute approximate surface area is 177 Å². The van der Waals surface area contributed by atoms with Crippen LogP contribution in [0.15, 0.2) is 54.1 Å². The number of aryl methyl sites for hydroxylation is 1. The smallest absolute Gasteiger partial charge is 0.433 e. The van der Waals surface area contributed by atoms with Gasteiger partial charge in [-0.1, -0.05) is 5.16 Å². The summed E-state index contributed by atoms with van der Waals surface area (Å²) in [6, 6.07) is 8.05. The molecule has 1 amide bonds. The number of fused-ring (bicyclic) bond motifs is 1. The minimum absolute atomic E-state index is 0.210. The van der Waals surface area contributed by atoms with E-state index in [4.69, 9.17) is 9.94 Å². The summed E-state index contributed by atoms with van der Waals surface area (Å²) in [6.45, 7) is 0. The van der Waals surface area contributed by atoms with Gasteiger partial charge in [0, 0.05) is 30.8 Å². The maximum Gasteiger partial charge on any atom is 0.433 e. The Morgan fingerprint density at radius 1 is 1.22 bits per heavy atom. The average molecular weight is 445 g/mol. The number of nitrogens with zero attached hydrogens (tertiary/aromatic N) is 6.